The molecule has 4 rings (SSSR count). The summed E-state index contributed by atoms with van der Waals surface area (Å²) in [5.41, 5.74) is 5.12. The van der Waals surface area contributed by atoms with Gasteiger partial charge in [0.05, 0.1) is 11.4 Å². The molecule has 18 heavy (non-hydrogen) atoms. The number of nitrogens with zero attached hydrogens (tertiary/aromatic N) is 1. The Balaban J connectivity index is 2.04. The Kier molecular flexibility index (Phi) is 1.73. The summed E-state index contributed by atoms with van der Waals surface area (Å²) in [7, 11) is 0. The van der Waals surface area contributed by atoms with E-state index < -0.39 is 0 Å². The first-order valence-electron chi connectivity index (χ1n) is 5.88. The average Bonchev–Trinajstić information content (AvgIpc) is 2.79. The molecule has 0 saturated carbocycles. The number of Topliss-reactive ketones (excluding diaryl/α,β-unsaturated/α-hetero) is 1. The topological polar surface area (TPSA) is 29.4 Å². The van der Waals surface area contributed by atoms with Gasteiger partial charge in [-0.25, -0.2) is 4.99 Å². The van der Waals surface area contributed by atoms with Crippen LogP contribution in [-0.4, -0.2) is 11.5 Å². The van der Waals surface area contributed by atoms with Crippen molar-refractivity contribution in [2.24, 2.45) is 4.99 Å². The van der Waals surface area contributed by atoms with Gasteiger partial charge < -0.3 is 0 Å². The van der Waals surface area contributed by atoms with E-state index in [0.29, 0.717) is 5.56 Å². The molecule has 2 aromatic carbocycles. The fourth-order valence-corrected chi connectivity index (χ4v) is 2.53. The molecule has 2 aliphatic rings. The lowest BCUT2D eigenvalue weighted by Crippen LogP contribution is -2.15. The summed E-state index contributed by atoms with van der Waals surface area (Å²) in [6, 6.07) is 15.5. The number of para-hydroxylation sites is 1. The lowest BCUT2D eigenvalue weighted by atomic mass is 9.95. The summed E-state index contributed by atoms with van der Waals surface area (Å²) in [5, 5.41) is 0. The predicted octanol–water partition coefficient (Wildman–Crippen LogP) is 3.40. The number of benzene rings is 2. The van der Waals surface area contributed by atoms with Crippen LogP contribution < -0.4 is 0 Å². The van der Waals surface area contributed by atoms with E-state index in [1.165, 1.54) is 0 Å². The van der Waals surface area contributed by atoms with E-state index in [-0.39, 0.29) is 5.78 Å². The Labute approximate surface area is 104 Å². The van der Waals surface area contributed by atoms with E-state index in [1.54, 1.807) is 0 Å². The highest BCUT2D eigenvalue weighted by Gasteiger charge is 2.30. The van der Waals surface area contributed by atoms with Gasteiger partial charge in [-0.15, -0.1) is 0 Å². The zero-order valence-electron chi connectivity index (χ0n) is 9.55. The van der Waals surface area contributed by atoms with Crippen LogP contribution in [0.3, 0.4) is 0 Å². The second kappa shape index (κ2) is 3.26. The van der Waals surface area contributed by atoms with E-state index in [9.17, 15) is 4.79 Å². The normalized spacial score (nSPS) is 15.4. The third kappa shape index (κ3) is 1.12. The number of allylic oxidation sites excluding steroid dienone is 1. The molecule has 1 aliphatic heterocycles. The minimum absolute atomic E-state index is 0.0757. The third-order valence-electron chi connectivity index (χ3n) is 3.40. The number of ketones is 1. The standard InChI is InChI=1S/C16H9NO/c18-16-12-7-3-4-8-14(12)17-15-11-6-2-1-5-10(11)9-13(15)16/h1-9H. The molecule has 0 fully saturated rings. The molecule has 0 amide bonds. The molecule has 1 aliphatic carbocycles. The van der Waals surface area contributed by atoms with Crippen LogP contribution >= 0.6 is 0 Å². The maximum atomic E-state index is 12.4. The van der Waals surface area contributed by atoms with Crippen molar-refractivity contribution in [2.45, 2.75) is 0 Å². The molecule has 2 nitrogen and oxygen atoms in total. The second-order valence-electron chi connectivity index (χ2n) is 4.45. The van der Waals surface area contributed by atoms with Crippen LogP contribution in [-0.2, 0) is 0 Å². The van der Waals surface area contributed by atoms with Gasteiger partial charge in [0.15, 0.2) is 5.78 Å². The molecular weight excluding hydrogens is 222 g/mol. The first-order chi connectivity index (χ1) is 8.84. The highest BCUT2D eigenvalue weighted by Crippen LogP contribution is 2.36. The molecule has 0 atom stereocenters. The molecule has 0 unspecified atom stereocenters. The summed E-state index contributed by atoms with van der Waals surface area (Å²) in [6.45, 7) is 0. The number of hydrogen-bond donors (Lipinski definition) is 0. The maximum absolute atomic E-state index is 12.4. The van der Waals surface area contributed by atoms with Crippen LogP contribution in [0.5, 0.6) is 0 Å². The van der Waals surface area contributed by atoms with Crippen molar-refractivity contribution >= 4 is 23.3 Å². The zero-order chi connectivity index (χ0) is 12.1. The van der Waals surface area contributed by atoms with Gasteiger partial charge in [0, 0.05) is 16.7 Å². The monoisotopic (exact) mass is 231 g/mol. The lowest BCUT2D eigenvalue weighted by molar-refractivity contribution is 0.104. The molecule has 0 saturated heterocycles. The van der Waals surface area contributed by atoms with Crippen LogP contribution in [0.25, 0.3) is 6.08 Å². The number of hydrogen-bond acceptors (Lipinski definition) is 2. The van der Waals surface area contributed by atoms with Gasteiger partial charge in [-0.3, -0.25) is 4.79 Å². The Bertz CT molecular complexity index is 753. The molecule has 1 heterocycles. The Morgan fingerprint density at radius 3 is 2.44 bits per heavy atom. The first kappa shape index (κ1) is 9.54. The van der Waals surface area contributed by atoms with Crippen LogP contribution in [0.4, 0.5) is 5.69 Å². The number of carbonyl (C=O) groups excluding carboxylic acids is 1. The van der Waals surface area contributed by atoms with Crippen LogP contribution in [0, 0.1) is 0 Å². The fraction of sp³-hybridized carbons (Fsp3) is 0. The predicted molar refractivity (Wildman–Crippen MR) is 71.4 cm³/mol. The smallest absolute Gasteiger partial charge is 0.197 e. The van der Waals surface area contributed by atoms with Crippen LogP contribution in [0.1, 0.15) is 21.5 Å². The van der Waals surface area contributed by atoms with E-state index in [1.807, 2.05) is 54.6 Å². The highest BCUT2D eigenvalue weighted by molar-refractivity contribution is 6.41. The molecule has 0 aromatic heterocycles. The SMILES string of the molecule is O=C1C2=Cc3ccccc3C2=Nc2ccccc21. The first-order valence-corrected chi connectivity index (χ1v) is 5.88. The molecule has 84 valence electrons. The molecule has 2 aromatic rings. The van der Waals surface area contributed by atoms with Crippen molar-refractivity contribution in [2.75, 3.05) is 0 Å². The molecule has 2 heteroatoms. The third-order valence-corrected chi connectivity index (χ3v) is 3.40. The van der Waals surface area contributed by atoms with Crippen molar-refractivity contribution in [1.82, 2.24) is 0 Å². The Hall–Kier alpha value is -2.48. The number of carbonyl (C=O) groups is 1. The summed E-state index contributed by atoms with van der Waals surface area (Å²) >= 11 is 0. The molecule has 0 N–H and O–H groups in total. The van der Waals surface area contributed by atoms with Gasteiger partial charge in [0.2, 0.25) is 0 Å². The number of aliphatic imine (C=N–C) groups is 1. The van der Waals surface area contributed by atoms with Gasteiger partial charge in [-0.05, 0) is 23.8 Å². The lowest BCUT2D eigenvalue weighted by Gasteiger charge is -2.14. The van der Waals surface area contributed by atoms with Gasteiger partial charge >= 0.3 is 0 Å². The summed E-state index contributed by atoms with van der Waals surface area (Å²) in [4.78, 5) is 17.0. The summed E-state index contributed by atoms with van der Waals surface area (Å²) < 4.78 is 0. The van der Waals surface area contributed by atoms with E-state index in [4.69, 9.17) is 0 Å². The van der Waals surface area contributed by atoms with Gasteiger partial charge in [-0.2, -0.15) is 0 Å². The van der Waals surface area contributed by atoms with Crippen molar-refractivity contribution < 1.29 is 4.79 Å². The van der Waals surface area contributed by atoms with Crippen molar-refractivity contribution in [1.29, 1.82) is 0 Å². The fourth-order valence-electron chi connectivity index (χ4n) is 2.53. The van der Waals surface area contributed by atoms with Crippen LogP contribution in [0.15, 0.2) is 59.1 Å². The van der Waals surface area contributed by atoms with Crippen molar-refractivity contribution in [3.8, 4) is 0 Å². The van der Waals surface area contributed by atoms with Crippen molar-refractivity contribution in [3.63, 3.8) is 0 Å². The van der Waals surface area contributed by atoms with Crippen LogP contribution in [0.2, 0.25) is 0 Å². The minimum atomic E-state index is 0.0757. The molecular formula is C16H9NO. The summed E-state index contributed by atoms with van der Waals surface area (Å²) in [5.74, 6) is 0.0757. The van der Waals surface area contributed by atoms with Gasteiger partial charge in [-0.1, -0.05) is 36.4 Å². The van der Waals surface area contributed by atoms with E-state index >= 15 is 0 Å². The summed E-state index contributed by atoms with van der Waals surface area (Å²) in [6.07, 6.45) is 1.94. The Morgan fingerprint density at radius 1 is 0.833 bits per heavy atom. The number of rotatable bonds is 0. The van der Waals surface area contributed by atoms with Gasteiger partial charge in [0.1, 0.15) is 0 Å². The number of fused-ring (bicyclic) bond motifs is 4. The minimum Gasteiger partial charge on any atom is -0.288 e. The largest absolute Gasteiger partial charge is 0.288 e. The molecule has 0 radical (unpaired) electrons. The van der Waals surface area contributed by atoms with E-state index in [2.05, 4.69) is 4.99 Å². The highest BCUT2D eigenvalue weighted by atomic mass is 16.1. The maximum Gasteiger partial charge on any atom is 0.197 e. The average molecular weight is 231 g/mol. The second-order valence-corrected chi connectivity index (χ2v) is 4.45. The molecule has 0 spiro atoms. The van der Waals surface area contributed by atoms with E-state index in [0.717, 1.165) is 28.1 Å². The van der Waals surface area contributed by atoms with Crippen molar-refractivity contribution in [3.05, 3.63) is 70.8 Å². The van der Waals surface area contributed by atoms with Gasteiger partial charge in [0.25, 0.3) is 0 Å². The quantitative estimate of drug-likeness (QED) is 0.683. The Morgan fingerprint density at radius 2 is 1.56 bits per heavy atom. The zero-order valence-corrected chi connectivity index (χ0v) is 9.55. The molecule has 0 bridgehead atoms.